The van der Waals surface area contributed by atoms with E-state index < -0.39 is 0 Å². The lowest BCUT2D eigenvalue weighted by molar-refractivity contribution is 0.316. The van der Waals surface area contributed by atoms with Crippen LogP contribution < -0.4 is 21.5 Å². The molecule has 0 atom stereocenters. The maximum Gasteiger partial charge on any atom is 0.146 e. The minimum absolute atomic E-state index is 0.661. The van der Waals surface area contributed by atoms with Gasteiger partial charge in [-0.05, 0) is 42.4 Å². The van der Waals surface area contributed by atoms with Gasteiger partial charge < -0.3 is 9.68 Å². The summed E-state index contributed by atoms with van der Waals surface area (Å²) in [5, 5.41) is 0. The molecule has 2 aromatic carbocycles. The van der Waals surface area contributed by atoms with E-state index in [-0.39, 0.29) is 0 Å². The molecular weight excluding hydrogens is 254 g/mol. The van der Waals surface area contributed by atoms with Crippen molar-refractivity contribution in [2.24, 2.45) is 11.8 Å². The molecule has 0 aromatic heterocycles. The summed E-state index contributed by atoms with van der Waals surface area (Å²) in [5.74, 6) is 11.5. The van der Waals surface area contributed by atoms with Crippen molar-refractivity contribution >= 4 is 0 Å². The van der Waals surface area contributed by atoms with Crippen LogP contribution in [-0.2, 0) is 13.1 Å². The van der Waals surface area contributed by atoms with E-state index in [9.17, 15) is 0 Å². The van der Waals surface area contributed by atoms with E-state index in [4.69, 9.17) is 11.8 Å². The highest BCUT2D eigenvalue weighted by Gasteiger charge is 2.03. The summed E-state index contributed by atoms with van der Waals surface area (Å²) >= 11 is 0. The van der Waals surface area contributed by atoms with Crippen molar-refractivity contribution in [1.29, 1.82) is 0 Å². The Labute approximate surface area is 118 Å². The second kappa shape index (κ2) is 6.91. The molecule has 2 aromatic rings. The molecule has 0 bridgehead atoms. The summed E-state index contributed by atoms with van der Waals surface area (Å²) in [5.41, 5.74) is 2.41. The van der Waals surface area contributed by atoms with Gasteiger partial charge in [0.15, 0.2) is 0 Å². The topological polar surface area (TPSA) is 73.7 Å². The number of nitrogens with zero attached hydrogens (tertiary/aromatic N) is 1. The molecule has 20 heavy (non-hydrogen) atoms. The minimum Gasteiger partial charge on any atom is -0.412 e. The van der Waals surface area contributed by atoms with Crippen molar-refractivity contribution in [3.63, 3.8) is 0 Å². The third-order valence-electron chi connectivity index (χ3n) is 3.02. The van der Waals surface area contributed by atoms with Crippen LogP contribution in [0.3, 0.4) is 0 Å². The highest BCUT2D eigenvalue weighted by atomic mass is 16.6. The van der Waals surface area contributed by atoms with E-state index >= 15 is 0 Å². The maximum absolute atomic E-state index is 5.10. The van der Waals surface area contributed by atoms with Crippen molar-refractivity contribution in [1.82, 2.24) is 4.90 Å². The molecule has 0 spiro atoms. The van der Waals surface area contributed by atoms with Crippen LogP contribution in [0, 0.1) is 0 Å². The Morgan fingerprint density at radius 1 is 0.750 bits per heavy atom. The Morgan fingerprint density at radius 3 is 1.40 bits per heavy atom. The number of benzene rings is 2. The van der Waals surface area contributed by atoms with Gasteiger partial charge in [0.2, 0.25) is 0 Å². The normalized spacial score (nSPS) is 10.6. The average molecular weight is 273 g/mol. The predicted molar refractivity (Wildman–Crippen MR) is 77.7 cm³/mol. The molecule has 4 N–H and O–H groups in total. The first kappa shape index (κ1) is 14.3. The SMILES string of the molecule is CN(Cc1ccc(ON)cc1)Cc1ccc(ON)cc1. The van der Waals surface area contributed by atoms with Crippen LogP contribution in [0.2, 0.25) is 0 Å². The fraction of sp³-hybridized carbons (Fsp3) is 0.200. The second-order valence-electron chi connectivity index (χ2n) is 4.70. The van der Waals surface area contributed by atoms with Crippen LogP contribution in [0.15, 0.2) is 48.5 Å². The molecule has 0 saturated carbocycles. The minimum atomic E-state index is 0.661. The summed E-state index contributed by atoms with van der Waals surface area (Å²) in [6.45, 7) is 1.69. The van der Waals surface area contributed by atoms with Crippen LogP contribution in [0.4, 0.5) is 0 Å². The summed E-state index contributed by atoms with van der Waals surface area (Å²) in [6, 6.07) is 15.4. The number of hydrogen-bond acceptors (Lipinski definition) is 5. The number of rotatable bonds is 6. The van der Waals surface area contributed by atoms with E-state index in [1.54, 1.807) is 0 Å². The van der Waals surface area contributed by atoms with Crippen LogP contribution >= 0.6 is 0 Å². The lowest BCUT2D eigenvalue weighted by atomic mass is 10.1. The Morgan fingerprint density at radius 2 is 1.10 bits per heavy atom. The molecule has 0 aliphatic heterocycles. The van der Waals surface area contributed by atoms with Crippen molar-refractivity contribution in [3.05, 3.63) is 59.7 Å². The second-order valence-corrected chi connectivity index (χ2v) is 4.70. The lowest BCUT2D eigenvalue weighted by Crippen LogP contribution is -2.17. The molecule has 0 fully saturated rings. The van der Waals surface area contributed by atoms with Crippen LogP contribution in [0.25, 0.3) is 0 Å². The van der Waals surface area contributed by atoms with E-state index in [2.05, 4.69) is 21.6 Å². The molecule has 2 rings (SSSR count). The van der Waals surface area contributed by atoms with Crippen molar-refractivity contribution in [3.8, 4) is 11.5 Å². The van der Waals surface area contributed by atoms with E-state index in [1.165, 1.54) is 11.1 Å². The Kier molecular flexibility index (Phi) is 4.95. The molecule has 0 unspecified atom stereocenters. The molecule has 0 heterocycles. The lowest BCUT2D eigenvalue weighted by Gasteiger charge is -2.17. The largest absolute Gasteiger partial charge is 0.412 e. The molecule has 106 valence electrons. The number of hydrogen-bond donors (Lipinski definition) is 2. The third-order valence-corrected chi connectivity index (χ3v) is 3.02. The highest BCUT2D eigenvalue weighted by molar-refractivity contribution is 5.28. The molecule has 0 aliphatic rings. The van der Waals surface area contributed by atoms with Crippen LogP contribution in [0.5, 0.6) is 11.5 Å². The predicted octanol–water partition coefficient (Wildman–Crippen LogP) is 1.82. The van der Waals surface area contributed by atoms with Gasteiger partial charge >= 0.3 is 0 Å². The zero-order valence-corrected chi connectivity index (χ0v) is 11.5. The van der Waals surface area contributed by atoms with E-state index in [1.807, 2.05) is 48.5 Å². The first-order valence-corrected chi connectivity index (χ1v) is 6.31. The zero-order valence-electron chi connectivity index (χ0n) is 11.5. The van der Waals surface area contributed by atoms with Crippen LogP contribution in [0.1, 0.15) is 11.1 Å². The first-order valence-electron chi connectivity index (χ1n) is 6.31. The molecule has 0 amide bonds. The summed E-state index contributed by atoms with van der Waals surface area (Å²) in [4.78, 5) is 11.5. The van der Waals surface area contributed by atoms with Gasteiger partial charge in [-0.2, -0.15) is 11.8 Å². The third kappa shape index (κ3) is 3.96. The standard InChI is InChI=1S/C15H19N3O2/c1-18(10-12-2-6-14(19-16)7-3-12)11-13-4-8-15(20-17)9-5-13/h2-9H,10-11,16-17H2,1H3. The first-order chi connectivity index (χ1) is 9.71. The molecule has 0 saturated heterocycles. The summed E-state index contributed by atoms with van der Waals surface area (Å²) in [7, 11) is 2.07. The number of nitrogens with two attached hydrogens (primary N) is 2. The molecule has 5 heteroatoms. The van der Waals surface area contributed by atoms with E-state index in [0.717, 1.165) is 13.1 Å². The van der Waals surface area contributed by atoms with Gasteiger partial charge in [0.05, 0.1) is 0 Å². The average Bonchev–Trinajstić information content (AvgIpc) is 2.49. The highest BCUT2D eigenvalue weighted by Crippen LogP contribution is 2.15. The van der Waals surface area contributed by atoms with Crippen LogP contribution in [-0.4, -0.2) is 11.9 Å². The van der Waals surface area contributed by atoms with Gasteiger partial charge in [-0.25, -0.2) is 0 Å². The van der Waals surface area contributed by atoms with Gasteiger partial charge in [0.1, 0.15) is 11.5 Å². The van der Waals surface area contributed by atoms with Gasteiger partial charge in [-0.15, -0.1) is 0 Å². The Hall–Kier alpha value is -2.08. The van der Waals surface area contributed by atoms with Crippen molar-refractivity contribution in [2.75, 3.05) is 7.05 Å². The smallest absolute Gasteiger partial charge is 0.146 e. The summed E-state index contributed by atoms with van der Waals surface area (Å²) < 4.78 is 0. The fourth-order valence-electron chi connectivity index (χ4n) is 2.03. The van der Waals surface area contributed by atoms with Gasteiger partial charge in [-0.3, -0.25) is 4.90 Å². The molecule has 0 aliphatic carbocycles. The Balaban J connectivity index is 1.91. The Bertz CT molecular complexity index is 476. The van der Waals surface area contributed by atoms with E-state index in [0.29, 0.717) is 11.5 Å². The molecule has 5 nitrogen and oxygen atoms in total. The summed E-state index contributed by atoms with van der Waals surface area (Å²) in [6.07, 6.45) is 0. The quantitative estimate of drug-likeness (QED) is 0.785. The van der Waals surface area contributed by atoms with Crippen molar-refractivity contribution < 1.29 is 9.68 Å². The van der Waals surface area contributed by atoms with Gasteiger partial charge in [0.25, 0.3) is 0 Å². The molecule has 0 radical (unpaired) electrons. The molecular formula is C15H19N3O2. The maximum atomic E-state index is 5.10. The van der Waals surface area contributed by atoms with Gasteiger partial charge in [0, 0.05) is 13.1 Å². The monoisotopic (exact) mass is 273 g/mol. The van der Waals surface area contributed by atoms with Gasteiger partial charge in [-0.1, -0.05) is 24.3 Å². The fourth-order valence-corrected chi connectivity index (χ4v) is 2.03. The zero-order chi connectivity index (χ0) is 14.4. The van der Waals surface area contributed by atoms with Crippen molar-refractivity contribution in [2.45, 2.75) is 13.1 Å².